The van der Waals surface area contributed by atoms with Crippen molar-refractivity contribution in [1.82, 2.24) is 5.32 Å². The van der Waals surface area contributed by atoms with Crippen molar-refractivity contribution in [2.24, 2.45) is 0 Å². The first kappa shape index (κ1) is 10.2. The van der Waals surface area contributed by atoms with Crippen LogP contribution in [0.1, 0.15) is 11.6 Å². The van der Waals surface area contributed by atoms with E-state index in [1.165, 1.54) is 18.2 Å². The quantitative estimate of drug-likeness (QED) is 0.430. The number of aliphatic hydroxyl groups excluding tert-OH is 2. The van der Waals surface area contributed by atoms with Gasteiger partial charge in [-0.25, -0.2) is 0 Å². The summed E-state index contributed by atoms with van der Waals surface area (Å²) in [7, 11) is 0. The van der Waals surface area contributed by atoms with Crippen molar-refractivity contribution >= 4 is 0 Å². The molecule has 0 aliphatic carbocycles. The smallest absolute Gasteiger partial charge is 0.124 e. The number of aromatic hydroxyl groups is 2. The van der Waals surface area contributed by atoms with Crippen LogP contribution in [-0.2, 0) is 0 Å². The van der Waals surface area contributed by atoms with Gasteiger partial charge in [0.15, 0.2) is 0 Å². The molecule has 0 bridgehead atoms. The molecule has 1 aromatic carbocycles. The van der Waals surface area contributed by atoms with Gasteiger partial charge >= 0.3 is 0 Å². The summed E-state index contributed by atoms with van der Waals surface area (Å²) in [5.41, 5.74) is 0.469. The third kappa shape index (κ3) is 1.77. The van der Waals surface area contributed by atoms with Crippen LogP contribution in [0, 0.1) is 0 Å². The van der Waals surface area contributed by atoms with E-state index in [2.05, 4.69) is 5.32 Å². The number of nitrogens with one attached hydrogen (secondary N) is 1. The summed E-state index contributed by atoms with van der Waals surface area (Å²) in [6.07, 6.45) is -1.77. The summed E-state index contributed by atoms with van der Waals surface area (Å²) in [6.45, 7) is 0.284. The van der Waals surface area contributed by atoms with Crippen molar-refractivity contribution < 1.29 is 20.4 Å². The molecule has 5 heteroatoms. The molecule has 15 heavy (non-hydrogen) atoms. The molecule has 82 valence electrons. The molecule has 3 atom stereocenters. The lowest BCUT2D eigenvalue weighted by Gasteiger charge is -2.17. The monoisotopic (exact) mass is 211 g/mol. The number of hydrogen-bond donors (Lipinski definition) is 5. The van der Waals surface area contributed by atoms with Gasteiger partial charge in [-0.3, -0.25) is 0 Å². The standard InChI is InChI=1S/C10H13NO4/c12-5-1-2-6(7(13)3-5)9-10(15)8(14)4-11-9/h1-3,8-15H,4H2/t8-,9+,10+/m1/s1. The predicted molar refractivity (Wildman–Crippen MR) is 52.5 cm³/mol. The Morgan fingerprint density at radius 3 is 2.47 bits per heavy atom. The lowest BCUT2D eigenvalue weighted by molar-refractivity contribution is 0.0401. The molecule has 0 unspecified atom stereocenters. The maximum atomic E-state index is 9.62. The highest BCUT2D eigenvalue weighted by Gasteiger charge is 2.35. The van der Waals surface area contributed by atoms with Gasteiger partial charge in [0.2, 0.25) is 0 Å². The second-order valence-corrected chi connectivity index (χ2v) is 3.69. The number of hydrogen-bond acceptors (Lipinski definition) is 5. The molecular formula is C10H13NO4. The first-order valence-corrected chi connectivity index (χ1v) is 4.71. The molecule has 1 saturated heterocycles. The average molecular weight is 211 g/mol. The Bertz CT molecular complexity index is 368. The van der Waals surface area contributed by atoms with Crippen LogP contribution in [0.2, 0.25) is 0 Å². The van der Waals surface area contributed by atoms with Gasteiger partial charge in [-0.15, -0.1) is 0 Å². The van der Waals surface area contributed by atoms with E-state index in [0.717, 1.165) is 0 Å². The Balaban J connectivity index is 2.30. The Morgan fingerprint density at radius 2 is 1.93 bits per heavy atom. The van der Waals surface area contributed by atoms with Crippen molar-refractivity contribution in [3.63, 3.8) is 0 Å². The van der Waals surface area contributed by atoms with Gasteiger partial charge in [0, 0.05) is 18.2 Å². The third-order valence-electron chi connectivity index (χ3n) is 2.63. The topological polar surface area (TPSA) is 93.0 Å². The minimum absolute atomic E-state index is 0.0377. The Labute approximate surface area is 86.6 Å². The lowest BCUT2D eigenvalue weighted by Crippen LogP contribution is -2.25. The minimum atomic E-state index is -0.944. The second-order valence-electron chi connectivity index (χ2n) is 3.69. The zero-order chi connectivity index (χ0) is 11.0. The third-order valence-corrected chi connectivity index (χ3v) is 2.63. The second kappa shape index (κ2) is 3.69. The van der Waals surface area contributed by atoms with Gasteiger partial charge < -0.3 is 25.7 Å². The molecule has 1 aliphatic rings. The average Bonchev–Trinajstić information content (AvgIpc) is 2.49. The summed E-state index contributed by atoms with van der Waals surface area (Å²) in [5.74, 6) is -0.134. The molecule has 0 saturated carbocycles. The van der Waals surface area contributed by atoms with Crippen LogP contribution in [0.4, 0.5) is 0 Å². The van der Waals surface area contributed by atoms with E-state index in [4.69, 9.17) is 5.11 Å². The maximum Gasteiger partial charge on any atom is 0.124 e. The number of benzene rings is 1. The highest BCUT2D eigenvalue weighted by Crippen LogP contribution is 2.32. The zero-order valence-corrected chi connectivity index (χ0v) is 7.96. The summed E-state index contributed by atoms with van der Waals surface area (Å²) in [5, 5.41) is 40.5. The van der Waals surface area contributed by atoms with Crippen LogP contribution in [-0.4, -0.2) is 39.2 Å². The van der Waals surface area contributed by atoms with Crippen molar-refractivity contribution in [3.05, 3.63) is 23.8 Å². The molecule has 5 nitrogen and oxygen atoms in total. The molecular weight excluding hydrogens is 198 g/mol. The van der Waals surface area contributed by atoms with E-state index in [0.29, 0.717) is 5.56 Å². The summed E-state index contributed by atoms with van der Waals surface area (Å²) in [6, 6.07) is 3.65. The molecule has 5 N–H and O–H groups in total. The molecule has 0 amide bonds. The molecule has 0 aromatic heterocycles. The fraction of sp³-hybridized carbons (Fsp3) is 0.400. The maximum absolute atomic E-state index is 9.62. The van der Waals surface area contributed by atoms with Gasteiger partial charge in [0.25, 0.3) is 0 Å². The van der Waals surface area contributed by atoms with E-state index in [9.17, 15) is 15.3 Å². The molecule has 0 radical (unpaired) electrons. The van der Waals surface area contributed by atoms with Gasteiger partial charge in [-0.2, -0.15) is 0 Å². The first-order chi connectivity index (χ1) is 7.09. The number of aliphatic hydroxyl groups is 2. The first-order valence-electron chi connectivity index (χ1n) is 4.71. The molecule has 2 rings (SSSR count). The Morgan fingerprint density at radius 1 is 1.20 bits per heavy atom. The van der Waals surface area contributed by atoms with Crippen LogP contribution in [0.5, 0.6) is 11.5 Å². The van der Waals surface area contributed by atoms with E-state index in [1.54, 1.807) is 0 Å². The summed E-state index contributed by atoms with van der Waals surface area (Å²) < 4.78 is 0. The molecule has 1 aliphatic heterocycles. The van der Waals surface area contributed by atoms with Crippen LogP contribution in [0.3, 0.4) is 0 Å². The number of phenols is 2. The van der Waals surface area contributed by atoms with Gasteiger partial charge in [0.1, 0.15) is 17.6 Å². The summed E-state index contributed by atoms with van der Waals surface area (Å²) >= 11 is 0. The van der Waals surface area contributed by atoms with Crippen molar-refractivity contribution in [1.29, 1.82) is 0 Å². The zero-order valence-electron chi connectivity index (χ0n) is 7.96. The largest absolute Gasteiger partial charge is 0.508 e. The predicted octanol–water partition coefficient (Wildman–Crippen LogP) is -0.536. The van der Waals surface area contributed by atoms with Crippen molar-refractivity contribution in [3.8, 4) is 11.5 Å². The molecule has 0 spiro atoms. The highest BCUT2D eigenvalue weighted by atomic mass is 16.3. The normalized spacial score (nSPS) is 30.7. The van der Waals surface area contributed by atoms with Gasteiger partial charge in [-0.1, -0.05) is 0 Å². The molecule has 1 fully saturated rings. The minimum Gasteiger partial charge on any atom is -0.508 e. The van der Waals surface area contributed by atoms with Crippen molar-refractivity contribution in [2.45, 2.75) is 18.2 Å². The number of phenolic OH excluding ortho intramolecular Hbond substituents is 2. The van der Waals surface area contributed by atoms with Crippen LogP contribution >= 0.6 is 0 Å². The van der Waals surface area contributed by atoms with Crippen LogP contribution in [0.15, 0.2) is 18.2 Å². The van der Waals surface area contributed by atoms with Gasteiger partial charge in [0.05, 0.1) is 12.1 Å². The Hall–Kier alpha value is -1.30. The fourth-order valence-electron chi connectivity index (χ4n) is 1.80. The SMILES string of the molecule is Oc1ccc([C@@H]2NC[C@@H](O)[C@@H]2O)c(O)c1. The van der Waals surface area contributed by atoms with E-state index in [1.807, 2.05) is 0 Å². The number of rotatable bonds is 1. The van der Waals surface area contributed by atoms with Crippen LogP contribution < -0.4 is 5.32 Å². The van der Waals surface area contributed by atoms with E-state index in [-0.39, 0.29) is 18.0 Å². The molecule has 1 aromatic rings. The van der Waals surface area contributed by atoms with Crippen molar-refractivity contribution in [2.75, 3.05) is 6.54 Å². The summed E-state index contributed by atoms with van der Waals surface area (Å²) in [4.78, 5) is 0. The Kier molecular flexibility index (Phi) is 2.52. The lowest BCUT2D eigenvalue weighted by atomic mass is 10.0. The van der Waals surface area contributed by atoms with E-state index >= 15 is 0 Å². The van der Waals surface area contributed by atoms with Gasteiger partial charge in [-0.05, 0) is 12.1 Å². The van der Waals surface area contributed by atoms with E-state index < -0.39 is 18.2 Å². The number of β-amino-alcohol motifs (C(OH)–C–C–N with tert-alkyl or cyclic N) is 1. The van der Waals surface area contributed by atoms with Crippen LogP contribution in [0.25, 0.3) is 0 Å². The highest BCUT2D eigenvalue weighted by molar-refractivity contribution is 5.41. The fourth-order valence-corrected chi connectivity index (χ4v) is 1.80. The molecule has 1 heterocycles.